The zero-order chi connectivity index (χ0) is 22.5. The minimum atomic E-state index is -0.355. The Morgan fingerprint density at radius 3 is 2.38 bits per heavy atom. The number of piperazine rings is 1. The van der Waals surface area contributed by atoms with Gasteiger partial charge in [-0.15, -0.1) is 5.10 Å². The summed E-state index contributed by atoms with van der Waals surface area (Å²) >= 11 is 0. The van der Waals surface area contributed by atoms with Crippen LogP contribution < -0.4 is 4.74 Å². The van der Waals surface area contributed by atoms with Crippen molar-refractivity contribution < 1.29 is 19.1 Å². The summed E-state index contributed by atoms with van der Waals surface area (Å²) in [7, 11) is 1.60. The average Bonchev–Trinajstić information content (AvgIpc) is 3.30. The molecule has 2 heterocycles. The number of carbonyl (C=O) groups is 2. The van der Waals surface area contributed by atoms with Gasteiger partial charge in [0.15, 0.2) is 5.82 Å². The van der Waals surface area contributed by atoms with Crippen LogP contribution in [0.3, 0.4) is 0 Å². The van der Waals surface area contributed by atoms with E-state index in [1.807, 2.05) is 54.6 Å². The third-order valence-corrected chi connectivity index (χ3v) is 5.22. The molecule has 3 aromatic rings. The Bertz CT molecular complexity index is 1090. The molecule has 0 radical (unpaired) electrons. The number of ether oxygens (including phenoxy) is 2. The highest BCUT2D eigenvalue weighted by Crippen LogP contribution is 2.25. The molecule has 1 aromatic heterocycles. The molecular formula is C23H25N5O4. The highest BCUT2D eigenvalue weighted by atomic mass is 16.6. The monoisotopic (exact) mass is 435 g/mol. The maximum Gasteiger partial charge on any atom is 0.409 e. The summed E-state index contributed by atoms with van der Waals surface area (Å²) < 4.78 is 12.0. The van der Waals surface area contributed by atoms with E-state index in [1.54, 1.807) is 28.5 Å². The van der Waals surface area contributed by atoms with E-state index in [0.717, 1.165) is 11.3 Å². The molecule has 1 aliphatic heterocycles. The van der Waals surface area contributed by atoms with Crippen LogP contribution in [0.15, 0.2) is 54.6 Å². The number of carbonyl (C=O) groups excluding carboxylic acids is 2. The van der Waals surface area contributed by atoms with Gasteiger partial charge in [-0.25, -0.2) is 14.5 Å². The molecule has 0 atom stereocenters. The Hall–Kier alpha value is -3.88. The van der Waals surface area contributed by atoms with Crippen LogP contribution in [0.2, 0.25) is 0 Å². The van der Waals surface area contributed by atoms with E-state index >= 15 is 0 Å². The van der Waals surface area contributed by atoms with Crippen molar-refractivity contribution in [1.29, 1.82) is 0 Å². The molecule has 2 aromatic carbocycles. The van der Waals surface area contributed by atoms with Crippen molar-refractivity contribution in [2.24, 2.45) is 0 Å². The maximum atomic E-state index is 13.2. The maximum absolute atomic E-state index is 13.2. The van der Waals surface area contributed by atoms with Gasteiger partial charge in [-0.1, -0.05) is 30.3 Å². The molecule has 0 unspecified atom stereocenters. The fourth-order valence-corrected chi connectivity index (χ4v) is 3.55. The molecule has 0 N–H and O–H groups in total. The first-order chi connectivity index (χ1) is 15.6. The first-order valence-electron chi connectivity index (χ1n) is 10.5. The van der Waals surface area contributed by atoms with E-state index < -0.39 is 0 Å². The van der Waals surface area contributed by atoms with Gasteiger partial charge in [-0.3, -0.25) is 4.79 Å². The summed E-state index contributed by atoms with van der Waals surface area (Å²) in [4.78, 5) is 33.0. The second kappa shape index (κ2) is 9.51. The van der Waals surface area contributed by atoms with Crippen molar-refractivity contribution >= 4 is 12.0 Å². The van der Waals surface area contributed by atoms with Gasteiger partial charge in [0.1, 0.15) is 5.75 Å². The van der Waals surface area contributed by atoms with Gasteiger partial charge >= 0.3 is 6.09 Å². The van der Waals surface area contributed by atoms with Crippen molar-refractivity contribution in [1.82, 2.24) is 24.6 Å². The van der Waals surface area contributed by atoms with Crippen molar-refractivity contribution in [2.45, 2.75) is 6.92 Å². The molecule has 0 spiro atoms. The SMILES string of the molecule is CCOC(=O)N1CCN(C(=O)c2nc(-c3cccc(OC)c3)n(-c3ccccc3)n2)CC1. The van der Waals surface area contributed by atoms with Crippen LogP contribution in [-0.2, 0) is 4.74 Å². The zero-order valence-electron chi connectivity index (χ0n) is 18.1. The number of methoxy groups -OCH3 is 1. The van der Waals surface area contributed by atoms with Crippen LogP contribution in [0, 0.1) is 0 Å². The predicted octanol–water partition coefficient (Wildman–Crippen LogP) is 2.86. The molecule has 32 heavy (non-hydrogen) atoms. The van der Waals surface area contributed by atoms with E-state index in [9.17, 15) is 9.59 Å². The third-order valence-electron chi connectivity index (χ3n) is 5.22. The second-order valence-corrected chi connectivity index (χ2v) is 7.22. The van der Waals surface area contributed by atoms with Crippen LogP contribution in [0.25, 0.3) is 17.1 Å². The number of hydrogen-bond acceptors (Lipinski definition) is 6. The van der Waals surface area contributed by atoms with Crippen molar-refractivity contribution in [3.63, 3.8) is 0 Å². The zero-order valence-corrected chi connectivity index (χ0v) is 18.1. The number of aromatic nitrogens is 3. The van der Waals surface area contributed by atoms with E-state index in [2.05, 4.69) is 10.1 Å². The van der Waals surface area contributed by atoms with Gasteiger partial charge in [-0.2, -0.15) is 0 Å². The summed E-state index contributed by atoms with van der Waals surface area (Å²) in [6.07, 6.45) is -0.355. The van der Waals surface area contributed by atoms with Gasteiger partial charge < -0.3 is 19.3 Å². The summed E-state index contributed by atoms with van der Waals surface area (Å²) in [6, 6.07) is 17.0. The highest BCUT2D eigenvalue weighted by molar-refractivity contribution is 5.91. The number of amides is 2. The molecular weight excluding hydrogens is 410 g/mol. The lowest BCUT2D eigenvalue weighted by Crippen LogP contribution is -2.51. The van der Waals surface area contributed by atoms with Crippen LogP contribution >= 0.6 is 0 Å². The Kier molecular flexibility index (Phi) is 6.34. The smallest absolute Gasteiger partial charge is 0.409 e. The standard InChI is InChI=1S/C23H25N5O4/c1-3-32-23(30)27-14-12-26(13-15-27)22(29)20-24-21(17-8-7-11-19(16-17)31-2)28(25-20)18-9-5-4-6-10-18/h4-11,16H,3,12-15H2,1-2H3. The molecule has 9 heteroatoms. The molecule has 9 nitrogen and oxygen atoms in total. The van der Waals surface area contributed by atoms with Crippen LogP contribution in [0.4, 0.5) is 4.79 Å². The lowest BCUT2D eigenvalue weighted by Gasteiger charge is -2.33. The van der Waals surface area contributed by atoms with Crippen molar-refractivity contribution in [2.75, 3.05) is 39.9 Å². The molecule has 0 aliphatic carbocycles. The minimum absolute atomic E-state index is 0.108. The van der Waals surface area contributed by atoms with E-state index in [1.165, 1.54) is 0 Å². The number of nitrogens with zero attached hydrogens (tertiary/aromatic N) is 5. The summed E-state index contributed by atoms with van der Waals surface area (Å²) in [5, 5.41) is 4.54. The minimum Gasteiger partial charge on any atom is -0.497 e. The Morgan fingerprint density at radius 1 is 0.969 bits per heavy atom. The molecule has 166 valence electrons. The molecule has 0 bridgehead atoms. The van der Waals surface area contributed by atoms with Gasteiger partial charge in [-0.05, 0) is 31.2 Å². The summed E-state index contributed by atoms with van der Waals surface area (Å²) in [5.74, 6) is 1.07. The average molecular weight is 435 g/mol. The predicted molar refractivity (Wildman–Crippen MR) is 118 cm³/mol. The second-order valence-electron chi connectivity index (χ2n) is 7.22. The molecule has 1 fully saturated rings. The highest BCUT2D eigenvalue weighted by Gasteiger charge is 2.28. The van der Waals surface area contributed by atoms with Crippen LogP contribution in [0.5, 0.6) is 5.75 Å². The van der Waals surface area contributed by atoms with Crippen molar-refractivity contribution in [3.8, 4) is 22.8 Å². The lowest BCUT2D eigenvalue weighted by molar-refractivity contribution is 0.0561. The number of benzene rings is 2. The Morgan fingerprint density at radius 2 is 1.69 bits per heavy atom. The number of hydrogen-bond donors (Lipinski definition) is 0. The van der Waals surface area contributed by atoms with E-state index in [4.69, 9.17) is 9.47 Å². The number of para-hydroxylation sites is 1. The van der Waals surface area contributed by atoms with Crippen molar-refractivity contribution in [3.05, 3.63) is 60.4 Å². The fraction of sp³-hybridized carbons (Fsp3) is 0.304. The quantitative estimate of drug-likeness (QED) is 0.612. The van der Waals surface area contributed by atoms with Gasteiger partial charge in [0.2, 0.25) is 5.82 Å². The van der Waals surface area contributed by atoms with E-state index in [0.29, 0.717) is 44.4 Å². The fourth-order valence-electron chi connectivity index (χ4n) is 3.55. The van der Waals surface area contributed by atoms with E-state index in [-0.39, 0.29) is 17.8 Å². The van der Waals surface area contributed by atoms with Crippen LogP contribution in [0.1, 0.15) is 17.5 Å². The summed E-state index contributed by atoms with van der Waals surface area (Å²) in [5.41, 5.74) is 1.58. The first kappa shape index (κ1) is 21.4. The van der Waals surface area contributed by atoms with Gasteiger partial charge in [0.25, 0.3) is 5.91 Å². The molecule has 0 saturated carbocycles. The number of rotatable bonds is 5. The molecule has 1 saturated heterocycles. The lowest BCUT2D eigenvalue weighted by atomic mass is 10.2. The van der Waals surface area contributed by atoms with Gasteiger partial charge in [0, 0.05) is 31.7 Å². The summed E-state index contributed by atoms with van der Waals surface area (Å²) in [6.45, 7) is 3.70. The molecule has 4 rings (SSSR count). The van der Waals surface area contributed by atoms with Gasteiger partial charge in [0.05, 0.1) is 19.4 Å². The normalized spacial score (nSPS) is 13.7. The first-order valence-corrected chi connectivity index (χ1v) is 10.5. The Balaban J connectivity index is 1.62. The molecule has 1 aliphatic rings. The Labute approximate surface area is 186 Å². The largest absolute Gasteiger partial charge is 0.497 e. The van der Waals surface area contributed by atoms with Crippen LogP contribution in [-0.4, -0.2) is 76.5 Å². The topological polar surface area (TPSA) is 89.8 Å². The molecule has 2 amide bonds. The third kappa shape index (κ3) is 4.41.